The molecule has 0 N–H and O–H groups in total. The van der Waals surface area contributed by atoms with Gasteiger partial charge in [-0.05, 0) is 68.7 Å². The Hall–Kier alpha value is -3.81. The van der Waals surface area contributed by atoms with Gasteiger partial charge in [-0.1, -0.05) is 11.2 Å². The molecule has 1 aliphatic heterocycles. The van der Waals surface area contributed by atoms with Crippen LogP contribution in [-0.2, 0) is 22.6 Å². The zero-order chi connectivity index (χ0) is 23.4. The molecule has 4 rings (SSSR count). The van der Waals surface area contributed by atoms with E-state index in [-0.39, 0.29) is 19.1 Å². The average Bonchev–Trinajstić information content (AvgIpc) is 3.17. The van der Waals surface area contributed by atoms with Crippen molar-refractivity contribution >= 4 is 17.6 Å². The molecule has 0 spiro atoms. The van der Waals surface area contributed by atoms with Crippen LogP contribution in [0.25, 0.3) is 0 Å². The molecular weight excluding hydrogens is 424 g/mol. The van der Waals surface area contributed by atoms with Crippen molar-refractivity contribution in [1.82, 2.24) is 5.16 Å². The van der Waals surface area contributed by atoms with Crippen LogP contribution in [0.2, 0.25) is 0 Å². The number of rotatable bonds is 7. The standard InChI is InChI=1S/C25H26N2O6/c1-16-22(17(2)33-26-16)14-31-21-8-4-6-19(13-21)25(29)32-15-24(28)27-11-5-7-18-12-20(30-3)9-10-23(18)27/h4,6,8-10,12-13H,5,7,11,14-15H2,1-3H3. The Morgan fingerprint density at radius 1 is 1.12 bits per heavy atom. The summed E-state index contributed by atoms with van der Waals surface area (Å²) < 4.78 is 21.5. The number of ether oxygens (including phenoxy) is 3. The highest BCUT2D eigenvalue weighted by Crippen LogP contribution is 2.30. The van der Waals surface area contributed by atoms with Crippen LogP contribution in [0, 0.1) is 13.8 Å². The highest BCUT2D eigenvalue weighted by Gasteiger charge is 2.24. The summed E-state index contributed by atoms with van der Waals surface area (Å²) >= 11 is 0. The number of amides is 1. The molecule has 0 bridgehead atoms. The van der Waals surface area contributed by atoms with E-state index in [1.54, 1.807) is 36.3 Å². The van der Waals surface area contributed by atoms with Crippen molar-refractivity contribution in [2.45, 2.75) is 33.3 Å². The predicted octanol–water partition coefficient (Wildman–Crippen LogP) is 4.02. The van der Waals surface area contributed by atoms with Gasteiger partial charge in [0.2, 0.25) is 0 Å². The van der Waals surface area contributed by atoms with Crippen molar-refractivity contribution in [3.8, 4) is 11.5 Å². The maximum atomic E-state index is 12.8. The van der Waals surface area contributed by atoms with E-state index in [0.29, 0.717) is 23.6 Å². The second-order valence-electron chi connectivity index (χ2n) is 7.84. The third kappa shape index (κ3) is 5.00. The number of aryl methyl sites for hydroxylation is 3. The van der Waals surface area contributed by atoms with Gasteiger partial charge in [0.15, 0.2) is 6.61 Å². The third-order valence-corrected chi connectivity index (χ3v) is 5.67. The number of carbonyl (C=O) groups excluding carboxylic acids is 2. The van der Waals surface area contributed by atoms with Crippen LogP contribution in [0.5, 0.6) is 11.5 Å². The second-order valence-corrected chi connectivity index (χ2v) is 7.84. The fourth-order valence-electron chi connectivity index (χ4n) is 3.82. The quantitative estimate of drug-likeness (QED) is 0.502. The molecule has 33 heavy (non-hydrogen) atoms. The summed E-state index contributed by atoms with van der Waals surface area (Å²) in [5.41, 5.74) is 3.82. The normalized spacial score (nSPS) is 12.8. The highest BCUT2D eigenvalue weighted by molar-refractivity contribution is 5.98. The summed E-state index contributed by atoms with van der Waals surface area (Å²) in [5, 5.41) is 3.91. The van der Waals surface area contributed by atoms with Crippen LogP contribution >= 0.6 is 0 Å². The van der Waals surface area contributed by atoms with Crippen LogP contribution in [0.15, 0.2) is 47.0 Å². The van der Waals surface area contributed by atoms with Crippen LogP contribution in [0.3, 0.4) is 0 Å². The first kappa shape index (κ1) is 22.4. The molecule has 1 amide bonds. The number of anilines is 1. The number of aromatic nitrogens is 1. The number of hydrogen-bond acceptors (Lipinski definition) is 7. The number of methoxy groups -OCH3 is 1. The van der Waals surface area contributed by atoms with Crippen molar-refractivity contribution in [3.63, 3.8) is 0 Å². The third-order valence-electron chi connectivity index (χ3n) is 5.67. The number of hydrogen-bond donors (Lipinski definition) is 0. The number of nitrogens with zero attached hydrogens (tertiary/aromatic N) is 2. The zero-order valence-electron chi connectivity index (χ0n) is 18.9. The first-order valence-electron chi connectivity index (χ1n) is 10.8. The van der Waals surface area contributed by atoms with Gasteiger partial charge >= 0.3 is 5.97 Å². The molecule has 8 heteroatoms. The lowest BCUT2D eigenvalue weighted by molar-refractivity contribution is -0.121. The minimum atomic E-state index is -0.585. The molecule has 0 saturated carbocycles. The Morgan fingerprint density at radius 3 is 2.73 bits per heavy atom. The van der Waals surface area contributed by atoms with Crippen LogP contribution < -0.4 is 14.4 Å². The minimum absolute atomic E-state index is 0.264. The summed E-state index contributed by atoms with van der Waals surface area (Å²) in [4.78, 5) is 27.0. The van der Waals surface area contributed by atoms with Crippen LogP contribution in [0.1, 0.15) is 39.4 Å². The maximum absolute atomic E-state index is 12.8. The summed E-state index contributed by atoms with van der Waals surface area (Å²) in [7, 11) is 1.61. The Kier molecular flexibility index (Phi) is 6.63. The molecule has 2 aromatic carbocycles. The van der Waals surface area contributed by atoms with E-state index >= 15 is 0 Å². The van der Waals surface area contributed by atoms with Gasteiger partial charge in [-0.3, -0.25) is 4.79 Å². The number of benzene rings is 2. The van der Waals surface area contributed by atoms with Crippen molar-refractivity contribution in [1.29, 1.82) is 0 Å². The first-order chi connectivity index (χ1) is 16.0. The molecule has 1 aromatic heterocycles. The first-order valence-corrected chi connectivity index (χ1v) is 10.8. The van der Waals surface area contributed by atoms with Crippen molar-refractivity contribution < 1.29 is 28.3 Å². The Morgan fingerprint density at radius 2 is 1.97 bits per heavy atom. The Balaban J connectivity index is 1.36. The fourth-order valence-corrected chi connectivity index (χ4v) is 3.82. The smallest absolute Gasteiger partial charge is 0.338 e. The maximum Gasteiger partial charge on any atom is 0.338 e. The van der Waals surface area contributed by atoms with Gasteiger partial charge in [0.1, 0.15) is 23.9 Å². The number of carbonyl (C=O) groups is 2. The lowest BCUT2D eigenvalue weighted by Crippen LogP contribution is -2.38. The van der Waals surface area contributed by atoms with E-state index in [2.05, 4.69) is 5.16 Å². The molecular formula is C25H26N2O6. The summed E-state index contributed by atoms with van der Waals surface area (Å²) in [6.45, 7) is 4.18. The van der Waals surface area contributed by atoms with Crippen molar-refractivity contribution in [2.24, 2.45) is 0 Å². The molecule has 8 nitrogen and oxygen atoms in total. The molecule has 3 aromatic rings. The van der Waals surface area contributed by atoms with E-state index in [4.69, 9.17) is 18.7 Å². The molecule has 0 fully saturated rings. The molecule has 0 aliphatic carbocycles. The van der Waals surface area contributed by atoms with Gasteiger partial charge in [0.05, 0.1) is 23.9 Å². The van der Waals surface area contributed by atoms with Crippen molar-refractivity contribution in [3.05, 3.63) is 70.6 Å². The summed E-state index contributed by atoms with van der Waals surface area (Å²) in [6.07, 6.45) is 1.71. The largest absolute Gasteiger partial charge is 0.497 e. The van der Waals surface area contributed by atoms with Crippen LogP contribution in [-0.4, -0.2) is 37.3 Å². The van der Waals surface area contributed by atoms with Gasteiger partial charge in [0.25, 0.3) is 5.91 Å². The van der Waals surface area contributed by atoms with Gasteiger partial charge in [-0.15, -0.1) is 0 Å². The monoisotopic (exact) mass is 450 g/mol. The molecule has 0 unspecified atom stereocenters. The average molecular weight is 450 g/mol. The highest BCUT2D eigenvalue weighted by atomic mass is 16.5. The summed E-state index contributed by atoms with van der Waals surface area (Å²) in [6, 6.07) is 12.3. The molecule has 172 valence electrons. The van der Waals surface area contributed by atoms with Gasteiger partial charge in [-0.2, -0.15) is 0 Å². The second kappa shape index (κ2) is 9.77. The predicted molar refractivity (Wildman–Crippen MR) is 121 cm³/mol. The molecule has 0 radical (unpaired) electrons. The number of esters is 1. The lowest BCUT2D eigenvalue weighted by Gasteiger charge is -2.29. The fraction of sp³-hybridized carbons (Fsp3) is 0.320. The number of fused-ring (bicyclic) bond motifs is 1. The van der Waals surface area contributed by atoms with Gasteiger partial charge in [0, 0.05) is 12.2 Å². The van der Waals surface area contributed by atoms with E-state index in [9.17, 15) is 9.59 Å². The molecule has 2 heterocycles. The van der Waals surface area contributed by atoms with E-state index < -0.39 is 5.97 Å². The molecule has 0 saturated heterocycles. The van der Waals surface area contributed by atoms with E-state index in [1.807, 2.05) is 32.0 Å². The zero-order valence-corrected chi connectivity index (χ0v) is 18.9. The van der Waals surface area contributed by atoms with Gasteiger partial charge in [-0.25, -0.2) is 4.79 Å². The molecule has 0 atom stereocenters. The van der Waals surface area contributed by atoms with Crippen molar-refractivity contribution in [2.75, 3.05) is 25.2 Å². The Labute approximate surface area is 192 Å². The Bertz CT molecular complexity index is 1150. The SMILES string of the molecule is COc1ccc2c(c1)CCCN2C(=O)COC(=O)c1cccc(OCc2c(C)noc2C)c1. The van der Waals surface area contributed by atoms with E-state index in [1.165, 1.54) is 0 Å². The summed E-state index contributed by atoms with van der Waals surface area (Å²) in [5.74, 6) is 1.11. The minimum Gasteiger partial charge on any atom is -0.497 e. The lowest BCUT2D eigenvalue weighted by atomic mass is 10.0. The van der Waals surface area contributed by atoms with Gasteiger partial charge < -0.3 is 23.6 Å². The van der Waals surface area contributed by atoms with E-state index in [0.717, 1.165) is 41.1 Å². The topological polar surface area (TPSA) is 91.1 Å². The molecule has 1 aliphatic rings. The van der Waals surface area contributed by atoms with Crippen LogP contribution in [0.4, 0.5) is 5.69 Å².